The van der Waals surface area contributed by atoms with Crippen LogP contribution in [0.25, 0.3) is 11.1 Å². The van der Waals surface area contributed by atoms with Gasteiger partial charge in [-0.05, 0) is 18.2 Å². The summed E-state index contributed by atoms with van der Waals surface area (Å²) in [6.07, 6.45) is 0. The van der Waals surface area contributed by atoms with E-state index >= 15 is 0 Å². The molecule has 100 valence electrons. The van der Waals surface area contributed by atoms with Crippen LogP contribution in [0.2, 0.25) is 10.0 Å². The summed E-state index contributed by atoms with van der Waals surface area (Å²) in [5.41, 5.74) is 1.33. The zero-order chi connectivity index (χ0) is 14.0. The SMILES string of the molecule is COc1cccc(OC)c1-c1cc(Cl)c(O)cc1Cl. The zero-order valence-electron chi connectivity index (χ0n) is 10.4. The Morgan fingerprint density at radius 1 is 0.947 bits per heavy atom. The summed E-state index contributed by atoms with van der Waals surface area (Å²) in [4.78, 5) is 0. The quantitative estimate of drug-likeness (QED) is 0.914. The zero-order valence-corrected chi connectivity index (χ0v) is 11.9. The molecule has 0 radical (unpaired) electrons. The molecule has 1 N–H and O–H groups in total. The fraction of sp³-hybridized carbons (Fsp3) is 0.143. The van der Waals surface area contributed by atoms with Crippen LogP contribution in [0.1, 0.15) is 0 Å². The highest BCUT2D eigenvalue weighted by atomic mass is 35.5. The second-order valence-corrected chi connectivity index (χ2v) is 4.64. The van der Waals surface area contributed by atoms with E-state index in [9.17, 15) is 5.11 Å². The minimum atomic E-state index is -0.0655. The molecule has 2 rings (SSSR count). The van der Waals surface area contributed by atoms with Gasteiger partial charge in [0.15, 0.2) is 0 Å². The Morgan fingerprint density at radius 3 is 2.05 bits per heavy atom. The maximum Gasteiger partial charge on any atom is 0.135 e. The van der Waals surface area contributed by atoms with Crippen LogP contribution in [0.15, 0.2) is 30.3 Å². The topological polar surface area (TPSA) is 38.7 Å². The van der Waals surface area contributed by atoms with E-state index in [1.807, 2.05) is 6.07 Å². The van der Waals surface area contributed by atoms with Crippen LogP contribution >= 0.6 is 23.2 Å². The number of ether oxygens (including phenoxy) is 2. The van der Waals surface area contributed by atoms with Gasteiger partial charge < -0.3 is 14.6 Å². The standard InChI is InChI=1S/C14H12Cl2O3/c1-18-12-4-3-5-13(19-2)14(12)8-6-10(16)11(17)7-9(8)15/h3-7,17H,1-2H3. The van der Waals surface area contributed by atoms with Crippen molar-refractivity contribution >= 4 is 23.2 Å². The predicted octanol–water partition coefficient (Wildman–Crippen LogP) is 4.38. The Morgan fingerprint density at radius 2 is 1.53 bits per heavy atom. The number of phenols is 1. The summed E-state index contributed by atoms with van der Waals surface area (Å²) in [7, 11) is 3.13. The van der Waals surface area contributed by atoms with Crippen LogP contribution in [0, 0.1) is 0 Å². The van der Waals surface area contributed by atoms with Crippen molar-refractivity contribution in [2.24, 2.45) is 0 Å². The number of benzene rings is 2. The summed E-state index contributed by atoms with van der Waals surface area (Å²) in [5.74, 6) is 1.16. The molecular weight excluding hydrogens is 287 g/mol. The van der Waals surface area contributed by atoms with Gasteiger partial charge in [0.2, 0.25) is 0 Å². The van der Waals surface area contributed by atoms with E-state index in [0.717, 1.165) is 0 Å². The highest BCUT2D eigenvalue weighted by molar-refractivity contribution is 6.36. The maximum absolute atomic E-state index is 9.55. The highest BCUT2D eigenvalue weighted by Crippen LogP contribution is 2.44. The third-order valence-corrected chi connectivity index (χ3v) is 3.35. The van der Waals surface area contributed by atoms with Crippen molar-refractivity contribution in [1.29, 1.82) is 0 Å². The van der Waals surface area contributed by atoms with Gasteiger partial charge in [0.1, 0.15) is 17.2 Å². The number of hydrogen-bond acceptors (Lipinski definition) is 3. The van der Waals surface area contributed by atoms with Crippen molar-refractivity contribution in [3.63, 3.8) is 0 Å². The molecule has 0 spiro atoms. The molecule has 0 aromatic heterocycles. The number of phenolic OH excluding ortho intramolecular Hbond substituents is 1. The molecule has 0 unspecified atom stereocenters. The minimum absolute atomic E-state index is 0.0655. The molecule has 2 aromatic rings. The van der Waals surface area contributed by atoms with Crippen LogP contribution in [-0.2, 0) is 0 Å². The van der Waals surface area contributed by atoms with Crippen molar-refractivity contribution in [3.05, 3.63) is 40.4 Å². The molecule has 0 bridgehead atoms. The molecule has 19 heavy (non-hydrogen) atoms. The second-order valence-electron chi connectivity index (χ2n) is 3.82. The maximum atomic E-state index is 9.55. The van der Waals surface area contributed by atoms with Gasteiger partial charge in [0.05, 0.1) is 29.8 Å². The van der Waals surface area contributed by atoms with Crippen LogP contribution in [0.4, 0.5) is 0 Å². The van der Waals surface area contributed by atoms with Crippen molar-refractivity contribution < 1.29 is 14.6 Å². The summed E-state index contributed by atoms with van der Waals surface area (Å²) >= 11 is 12.1. The van der Waals surface area contributed by atoms with E-state index < -0.39 is 0 Å². The van der Waals surface area contributed by atoms with E-state index in [1.165, 1.54) is 6.07 Å². The van der Waals surface area contributed by atoms with Crippen LogP contribution < -0.4 is 9.47 Å². The number of methoxy groups -OCH3 is 2. The van der Waals surface area contributed by atoms with Crippen LogP contribution in [0.5, 0.6) is 17.2 Å². The van der Waals surface area contributed by atoms with Gasteiger partial charge >= 0.3 is 0 Å². The Kier molecular flexibility index (Phi) is 4.08. The average molecular weight is 299 g/mol. The smallest absolute Gasteiger partial charge is 0.135 e. The minimum Gasteiger partial charge on any atom is -0.506 e. The first kappa shape index (κ1) is 13.8. The molecule has 0 amide bonds. The first-order valence-corrected chi connectivity index (χ1v) is 6.23. The Labute approximate surface area is 121 Å². The van der Waals surface area contributed by atoms with Gasteiger partial charge in [-0.25, -0.2) is 0 Å². The lowest BCUT2D eigenvalue weighted by Gasteiger charge is -2.15. The van der Waals surface area contributed by atoms with Gasteiger partial charge in [-0.1, -0.05) is 29.3 Å². The first-order chi connectivity index (χ1) is 9.08. The van der Waals surface area contributed by atoms with Gasteiger partial charge in [-0.3, -0.25) is 0 Å². The normalized spacial score (nSPS) is 10.3. The molecule has 3 nitrogen and oxygen atoms in total. The molecule has 0 saturated carbocycles. The number of rotatable bonds is 3. The van der Waals surface area contributed by atoms with E-state index in [-0.39, 0.29) is 10.8 Å². The highest BCUT2D eigenvalue weighted by Gasteiger charge is 2.17. The fourth-order valence-corrected chi connectivity index (χ4v) is 2.26. The molecule has 0 aliphatic heterocycles. The van der Waals surface area contributed by atoms with Crippen LogP contribution in [0.3, 0.4) is 0 Å². The monoisotopic (exact) mass is 298 g/mol. The molecule has 0 atom stereocenters. The second kappa shape index (κ2) is 5.59. The number of aromatic hydroxyl groups is 1. The molecule has 0 aliphatic rings. The Bertz CT molecular complexity index is 590. The van der Waals surface area contributed by atoms with E-state index in [0.29, 0.717) is 27.6 Å². The third kappa shape index (κ3) is 2.57. The summed E-state index contributed by atoms with van der Waals surface area (Å²) in [5, 5.41) is 10.1. The predicted molar refractivity (Wildman–Crippen MR) is 76.7 cm³/mol. The Balaban J connectivity index is 2.74. The van der Waals surface area contributed by atoms with Gasteiger partial charge in [0, 0.05) is 11.6 Å². The van der Waals surface area contributed by atoms with Gasteiger partial charge in [-0.15, -0.1) is 0 Å². The largest absolute Gasteiger partial charge is 0.506 e. The van der Waals surface area contributed by atoms with Gasteiger partial charge in [-0.2, -0.15) is 0 Å². The molecule has 2 aromatic carbocycles. The summed E-state index contributed by atoms with van der Waals surface area (Å²) < 4.78 is 10.6. The first-order valence-electron chi connectivity index (χ1n) is 5.48. The Hall–Kier alpha value is -1.58. The van der Waals surface area contributed by atoms with E-state index in [1.54, 1.807) is 32.4 Å². The van der Waals surface area contributed by atoms with Crippen molar-refractivity contribution in [2.75, 3.05) is 14.2 Å². The molecule has 5 heteroatoms. The van der Waals surface area contributed by atoms with E-state index in [2.05, 4.69) is 0 Å². The summed E-state index contributed by atoms with van der Waals surface area (Å²) in [6, 6.07) is 8.39. The van der Waals surface area contributed by atoms with Crippen molar-refractivity contribution in [1.82, 2.24) is 0 Å². The lowest BCUT2D eigenvalue weighted by molar-refractivity contribution is 0.397. The average Bonchev–Trinajstić information content (AvgIpc) is 2.42. The lowest BCUT2D eigenvalue weighted by atomic mass is 10.0. The molecule has 0 saturated heterocycles. The lowest BCUT2D eigenvalue weighted by Crippen LogP contribution is -1.93. The van der Waals surface area contributed by atoms with E-state index in [4.69, 9.17) is 32.7 Å². The number of halogens is 2. The molecule has 0 aliphatic carbocycles. The third-order valence-electron chi connectivity index (χ3n) is 2.73. The van der Waals surface area contributed by atoms with Crippen molar-refractivity contribution in [2.45, 2.75) is 0 Å². The summed E-state index contributed by atoms with van der Waals surface area (Å²) in [6.45, 7) is 0. The van der Waals surface area contributed by atoms with Crippen molar-refractivity contribution in [3.8, 4) is 28.4 Å². The number of hydrogen-bond donors (Lipinski definition) is 1. The van der Waals surface area contributed by atoms with Gasteiger partial charge in [0.25, 0.3) is 0 Å². The molecular formula is C14H12Cl2O3. The molecule has 0 fully saturated rings. The fourth-order valence-electron chi connectivity index (χ4n) is 1.84. The molecule has 0 heterocycles. The van der Waals surface area contributed by atoms with Crippen LogP contribution in [-0.4, -0.2) is 19.3 Å².